The van der Waals surface area contributed by atoms with Crippen LogP contribution < -0.4 is 15.4 Å². The number of hydrogen-bond acceptors (Lipinski definition) is 4. The summed E-state index contributed by atoms with van der Waals surface area (Å²) in [6, 6.07) is 6.26. The van der Waals surface area contributed by atoms with Gasteiger partial charge in [0, 0.05) is 45.3 Å². The van der Waals surface area contributed by atoms with E-state index >= 15 is 0 Å². The number of aliphatic imine (C=N–C) groups is 1. The molecular formula is C19H34IN5O. The Kier molecular flexibility index (Phi) is 10.9. The van der Waals surface area contributed by atoms with Crippen molar-refractivity contribution < 1.29 is 4.74 Å². The average Bonchev–Trinajstić information content (AvgIpc) is 2.83. The number of benzene rings is 1. The van der Waals surface area contributed by atoms with Gasteiger partial charge in [0.1, 0.15) is 5.75 Å². The average molecular weight is 475 g/mol. The molecule has 2 N–H and O–H groups in total. The molecule has 0 amide bonds. The van der Waals surface area contributed by atoms with Crippen LogP contribution in [0.1, 0.15) is 17.5 Å². The lowest BCUT2D eigenvalue weighted by molar-refractivity contribution is 0.280. The summed E-state index contributed by atoms with van der Waals surface area (Å²) in [6.45, 7) is 9.38. The van der Waals surface area contributed by atoms with E-state index in [0.717, 1.165) is 43.5 Å². The quantitative estimate of drug-likeness (QED) is 0.374. The number of nitrogens with one attached hydrogen (secondary N) is 2. The molecule has 1 aromatic carbocycles. The van der Waals surface area contributed by atoms with Gasteiger partial charge in [-0.3, -0.25) is 4.99 Å². The molecule has 0 aliphatic carbocycles. The van der Waals surface area contributed by atoms with Gasteiger partial charge in [0.25, 0.3) is 0 Å². The van der Waals surface area contributed by atoms with Crippen LogP contribution in [0.3, 0.4) is 0 Å². The molecule has 1 saturated heterocycles. The van der Waals surface area contributed by atoms with Gasteiger partial charge in [0.2, 0.25) is 0 Å². The summed E-state index contributed by atoms with van der Waals surface area (Å²) in [5.74, 6) is 1.74. The zero-order valence-corrected chi connectivity index (χ0v) is 18.9. The maximum Gasteiger partial charge on any atom is 0.191 e. The van der Waals surface area contributed by atoms with Gasteiger partial charge in [0.05, 0.1) is 7.11 Å². The van der Waals surface area contributed by atoms with E-state index in [-0.39, 0.29) is 24.0 Å². The SMILES string of the molecule is CN=C(NCCN1CCCN(C)CC1)NCc1ccc(C)cc1OC.I. The zero-order valence-electron chi connectivity index (χ0n) is 16.5. The largest absolute Gasteiger partial charge is 0.496 e. The first-order valence-corrected chi connectivity index (χ1v) is 9.11. The first-order valence-electron chi connectivity index (χ1n) is 9.11. The Balaban J connectivity index is 0.00000338. The van der Waals surface area contributed by atoms with Crippen LogP contribution in [-0.2, 0) is 6.54 Å². The van der Waals surface area contributed by atoms with Crippen molar-refractivity contribution in [3.05, 3.63) is 29.3 Å². The van der Waals surface area contributed by atoms with E-state index in [1.54, 1.807) is 7.11 Å². The molecule has 2 rings (SSSR count). The molecule has 1 fully saturated rings. The Morgan fingerprint density at radius 1 is 1.19 bits per heavy atom. The maximum atomic E-state index is 5.46. The Bertz CT molecular complexity index is 567. The second-order valence-electron chi connectivity index (χ2n) is 6.67. The second kappa shape index (κ2) is 12.3. The van der Waals surface area contributed by atoms with E-state index < -0.39 is 0 Å². The van der Waals surface area contributed by atoms with Crippen LogP contribution in [0.4, 0.5) is 0 Å². The van der Waals surface area contributed by atoms with Crippen LogP contribution in [0.2, 0.25) is 0 Å². The number of halogens is 1. The lowest BCUT2D eigenvalue weighted by Crippen LogP contribution is -2.42. The van der Waals surface area contributed by atoms with Crippen molar-refractivity contribution in [2.75, 3.05) is 60.5 Å². The van der Waals surface area contributed by atoms with Gasteiger partial charge in [0.15, 0.2) is 5.96 Å². The highest BCUT2D eigenvalue weighted by Gasteiger charge is 2.11. The minimum atomic E-state index is 0. The molecular weight excluding hydrogens is 441 g/mol. The number of likely N-dealkylation sites (N-methyl/N-ethyl adjacent to an activating group) is 1. The third-order valence-corrected chi connectivity index (χ3v) is 4.65. The Labute approximate surface area is 175 Å². The van der Waals surface area contributed by atoms with E-state index in [0.29, 0.717) is 6.54 Å². The summed E-state index contributed by atoms with van der Waals surface area (Å²) >= 11 is 0. The second-order valence-corrected chi connectivity index (χ2v) is 6.67. The normalized spacial score (nSPS) is 16.5. The summed E-state index contributed by atoms with van der Waals surface area (Å²) in [5.41, 5.74) is 2.33. The molecule has 0 unspecified atom stereocenters. The highest BCUT2D eigenvalue weighted by atomic mass is 127. The molecule has 0 atom stereocenters. The first kappa shape index (κ1) is 23.0. The van der Waals surface area contributed by atoms with Gasteiger partial charge in [-0.1, -0.05) is 12.1 Å². The minimum Gasteiger partial charge on any atom is -0.496 e. The van der Waals surface area contributed by atoms with Crippen molar-refractivity contribution in [3.8, 4) is 5.75 Å². The fourth-order valence-corrected chi connectivity index (χ4v) is 3.05. The maximum absolute atomic E-state index is 5.46. The molecule has 1 aliphatic heterocycles. The molecule has 0 aromatic heterocycles. The number of guanidine groups is 1. The zero-order chi connectivity index (χ0) is 18.1. The summed E-state index contributed by atoms with van der Waals surface area (Å²) in [5, 5.41) is 6.78. The lowest BCUT2D eigenvalue weighted by atomic mass is 10.1. The van der Waals surface area contributed by atoms with Crippen molar-refractivity contribution in [1.82, 2.24) is 20.4 Å². The molecule has 7 heteroatoms. The molecule has 1 aliphatic rings. The molecule has 1 heterocycles. The number of rotatable bonds is 6. The standard InChI is InChI=1S/C19H33N5O.HI/c1-16-6-7-17(18(14-16)25-4)15-22-19(20-2)21-8-11-24-10-5-9-23(3)12-13-24;/h6-7,14H,5,8-13,15H2,1-4H3,(H2,20,21,22);1H. The van der Waals surface area contributed by atoms with Crippen LogP contribution in [0, 0.1) is 6.92 Å². The van der Waals surface area contributed by atoms with E-state index in [4.69, 9.17) is 4.74 Å². The molecule has 148 valence electrons. The molecule has 0 radical (unpaired) electrons. The molecule has 0 spiro atoms. The molecule has 0 saturated carbocycles. The fraction of sp³-hybridized carbons (Fsp3) is 0.632. The molecule has 6 nitrogen and oxygen atoms in total. The Morgan fingerprint density at radius 3 is 2.73 bits per heavy atom. The van der Waals surface area contributed by atoms with Gasteiger partial charge < -0.3 is 25.2 Å². The summed E-state index contributed by atoms with van der Waals surface area (Å²) in [4.78, 5) is 9.24. The van der Waals surface area contributed by atoms with Crippen LogP contribution >= 0.6 is 24.0 Å². The topological polar surface area (TPSA) is 52.1 Å². The summed E-state index contributed by atoms with van der Waals surface area (Å²) in [7, 11) is 5.72. The number of hydrogen-bond donors (Lipinski definition) is 2. The number of ether oxygens (including phenoxy) is 1. The Morgan fingerprint density at radius 2 is 2.00 bits per heavy atom. The predicted molar refractivity (Wildman–Crippen MR) is 120 cm³/mol. The lowest BCUT2D eigenvalue weighted by Gasteiger charge is -2.21. The van der Waals surface area contributed by atoms with Crippen molar-refractivity contribution >= 4 is 29.9 Å². The highest BCUT2D eigenvalue weighted by Crippen LogP contribution is 2.19. The van der Waals surface area contributed by atoms with E-state index in [2.05, 4.69) is 57.6 Å². The first-order chi connectivity index (χ1) is 12.1. The van der Waals surface area contributed by atoms with Crippen molar-refractivity contribution in [2.24, 2.45) is 4.99 Å². The fourth-order valence-electron chi connectivity index (χ4n) is 3.05. The highest BCUT2D eigenvalue weighted by molar-refractivity contribution is 14.0. The predicted octanol–water partition coefficient (Wildman–Crippen LogP) is 1.92. The number of nitrogens with zero attached hydrogens (tertiary/aromatic N) is 3. The van der Waals surface area contributed by atoms with Crippen LogP contribution in [0.5, 0.6) is 5.75 Å². The molecule has 0 bridgehead atoms. The van der Waals surface area contributed by atoms with Gasteiger partial charge in [-0.15, -0.1) is 24.0 Å². The van der Waals surface area contributed by atoms with Crippen LogP contribution in [-0.4, -0.2) is 76.2 Å². The number of methoxy groups -OCH3 is 1. The third-order valence-electron chi connectivity index (χ3n) is 4.65. The molecule has 26 heavy (non-hydrogen) atoms. The van der Waals surface area contributed by atoms with Gasteiger partial charge >= 0.3 is 0 Å². The summed E-state index contributed by atoms with van der Waals surface area (Å²) in [6.07, 6.45) is 1.25. The molecule has 1 aromatic rings. The van der Waals surface area contributed by atoms with E-state index in [1.165, 1.54) is 25.1 Å². The monoisotopic (exact) mass is 475 g/mol. The van der Waals surface area contributed by atoms with Crippen LogP contribution in [0.15, 0.2) is 23.2 Å². The van der Waals surface area contributed by atoms with Gasteiger partial charge in [-0.05, 0) is 45.1 Å². The number of aryl methyl sites for hydroxylation is 1. The van der Waals surface area contributed by atoms with Gasteiger partial charge in [-0.25, -0.2) is 0 Å². The van der Waals surface area contributed by atoms with E-state index in [1.807, 2.05) is 7.05 Å². The van der Waals surface area contributed by atoms with E-state index in [9.17, 15) is 0 Å². The van der Waals surface area contributed by atoms with Crippen molar-refractivity contribution in [3.63, 3.8) is 0 Å². The van der Waals surface area contributed by atoms with Gasteiger partial charge in [-0.2, -0.15) is 0 Å². The minimum absolute atomic E-state index is 0. The van der Waals surface area contributed by atoms with Crippen molar-refractivity contribution in [2.45, 2.75) is 19.9 Å². The van der Waals surface area contributed by atoms with Crippen molar-refractivity contribution in [1.29, 1.82) is 0 Å². The van der Waals surface area contributed by atoms with Crippen LogP contribution in [0.25, 0.3) is 0 Å². The third kappa shape index (κ3) is 7.67. The smallest absolute Gasteiger partial charge is 0.191 e. The Hall–Kier alpha value is -1.06. The summed E-state index contributed by atoms with van der Waals surface area (Å²) < 4.78 is 5.46.